The van der Waals surface area contributed by atoms with E-state index in [1.807, 2.05) is 44.5 Å². The molecule has 10 nitrogen and oxygen atoms in total. The van der Waals surface area contributed by atoms with Crippen molar-refractivity contribution in [2.45, 2.75) is 84.5 Å². The van der Waals surface area contributed by atoms with E-state index in [4.69, 9.17) is 5.10 Å². The van der Waals surface area contributed by atoms with Crippen LogP contribution in [0.4, 0.5) is 0 Å². The summed E-state index contributed by atoms with van der Waals surface area (Å²) in [6.45, 7) is 12.4. The number of amides is 3. The summed E-state index contributed by atoms with van der Waals surface area (Å²) in [5.74, 6) is -0.581. The molecule has 218 valence electrons. The fraction of sp³-hybridized carbons (Fsp3) is 0.600. The van der Waals surface area contributed by atoms with Gasteiger partial charge in [0.15, 0.2) is 0 Å². The van der Waals surface area contributed by atoms with Gasteiger partial charge in [-0.3, -0.25) is 19.3 Å². The highest BCUT2D eigenvalue weighted by Crippen LogP contribution is 2.35. The van der Waals surface area contributed by atoms with Crippen LogP contribution in [0.3, 0.4) is 0 Å². The summed E-state index contributed by atoms with van der Waals surface area (Å²) in [5.41, 5.74) is 3.72. The number of benzene rings is 1. The molecule has 2 atom stereocenters. The molecule has 1 aromatic carbocycles. The van der Waals surface area contributed by atoms with Gasteiger partial charge in [0.1, 0.15) is 11.6 Å². The first-order valence-electron chi connectivity index (χ1n) is 14.4. The summed E-state index contributed by atoms with van der Waals surface area (Å²) in [5, 5.41) is 21.0. The number of unbranched alkanes of at least 4 members (excludes halogenated alkanes) is 1. The van der Waals surface area contributed by atoms with Crippen molar-refractivity contribution in [1.82, 2.24) is 30.2 Å². The number of rotatable bonds is 9. The number of aryl methyl sites for hydroxylation is 1. The van der Waals surface area contributed by atoms with Crippen molar-refractivity contribution in [2.24, 2.45) is 5.92 Å². The van der Waals surface area contributed by atoms with Crippen LogP contribution in [0.2, 0.25) is 0 Å². The van der Waals surface area contributed by atoms with Crippen LogP contribution >= 0.6 is 0 Å². The normalized spacial score (nSPS) is 20.2. The van der Waals surface area contributed by atoms with Gasteiger partial charge in [0.25, 0.3) is 5.91 Å². The van der Waals surface area contributed by atoms with Gasteiger partial charge >= 0.3 is 0 Å². The number of carbonyl (C=O) groups is 3. The summed E-state index contributed by atoms with van der Waals surface area (Å²) < 4.78 is 1.91. The zero-order valence-electron chi connectivity index (χ0n) is 24.7. The van der Waals surface area contributed by atoms with Crippen LogP contribution < -0.4 is 10.6 Å². The molecule has 10 heteroatoms. The Morgan fingerprint density at radius 3 is 2.40 bits per heavy atom. The van der Waals surface area contributed by atoms with Gasteiger partial charge in [-0.2, -0.15) is 5.10 Å². The average molecular weight is 553 g/mol. The van der Waals surface area contributed by atoms with Gasteiger partial charge in [-0.15, -0.1) is 0 Å². The molecule has 4 rings (SSSR count). The first-order chi connectivity index (χ1) is 19.0. The molecule has 0 unspecified atom stereocenters. The Labute approximate surface area is 237 Å². The molecular formula is C30H44N6O4. The Bertz CT molecular complexity index is 1230. The number of hydrogen-bond acceptors (Lipinski definition) is 6. The Morgan fingerprint density at radius 2 is 1.82 bits per heavy atom. The summed E-state index contributed by atoms with van der Waals surface area (Å²) in [6.07, 6.45) is 1.91. The van der Waals surface area contributed by atoms with Crippen LogP contribution in [-0.4, -0.2) is 86.8 Å². The van der Waals surface area contributed by atoms with Gasteiger partial charge in [0.2, 0.25) is 11.8 Å². The maximum absolute atomic E-state index is 13.6. The fourth-order valence-electron chi connectivity index (χ4n) is 5.95. The largest absolute Gasteiger partial charge is 0.390 e. The summed E-state index contributed by atoms with van der Waals surface area (Å²) in [6, 6.07) is 6.48. The van der Waals surface area contributed by atoms with Crippen molar-refractivity contribution in [3.05, 3.63) is 46.8 Å². The molecule has 1 aromatic heterocycles. The molecule has 0 bridgehead atoms. The minimum Gasteiger partial charge on any atom is -0.390 e. The number of likely N-dealkylation sites (tertiary alicyclic amines) is 1. The molecule has 0 radical (unpaired) electrons. The van der Waals surface area contributed by atoms with Crippen molar-refractivity contribution in [1.29, 1.82) is 0 Å². The van der Waals surface area contributed by atoms with Crippen molar-refractivity contribution >= 4 is 17.7 Å². The van der Waals surface area contributed by atoms with E-state index in [-0.39, 0.29) is 23.6 Å². The lowest BCUT2D eigenvalue weighted by Crippen LogP contribution is -2.74. The number of aromatic nitrogens is 2. The van der Waals surface area contributed by atoms with E-state index < -0.39 is 17.7 Å². The first kappa shape index (κ1) is 29.7. The van der Waals surface area contributed by atoms with Crippen LogP contribution in [0, 0.1) is 19.8 Å². The van der Waals surface area contributed by atoms with E-state index in [1.54, 1.807) is 24.1 Å². The lowest BCUT2D eigenvalue weighted by molar-refractivity contribution is -0.165. The van der Waals surface area contributed by atoms with E-state index in [0.29, 0.717) is 44.6 Å². The number of nitrogens with zero attached hydrogens (tertiary/aromatic N) is 4. The molecule has 3 N–H and O–H groups in total. The monoisotopic (exact) mass is 552 g/mol. The van der Waals surface area contributed by atoms with Crippen molar-refractivity contribution < 1.29 is 19.5 Å². The molecule has 3 heterocycles. The van der Waals surface area contributed by atoms with Gasteiger partial charge in [-0.25, -0.2) is 4.68 Å². The van der Waals surface area contributed by atoms with Gasteiger partial charge in [-0.1, -0.05) is 27.2 Å². The molecule has 2 aliphatic rings. The zero-order valence-corrected chi connectivity index (χ0v) is 24.7. The quantitative estimate of drug-likeness (QED) is 0.439. The maximum Gasteiger partial charge on any atom is 0.251 e. The molecule has 0 aliphatic carbocycles. The topological polar surface area (TPSA) is 120 Å². The molecule has 2 saturated heterocycles. The van der Waals surface area contributed by atoms with Crippen LogP contribution in [-0.2, 0) is 16.1 Å². The predicted octanol–water partition coefficient (Wildman–Crippen LogP) is 2.33. The standard InChI is InChI=1S/C30H44N6O4/c1-7-8-15-35-28(39)25(26(37)19(2)3)32-29(40)30(35)13-16-34(17-14-30)18-24-20(4)33-36(21(24)5)23-11-9-22(10-12-23)27(38)31-6/h9-12,19,25-26,37H,7-8,13-18H2,1-6H3,(H,31,38)(H,32,40)/t25-,26-/m1/s1. The summed E-state index contributed by atoms with van der Waals surface area (Å²) >= 11 is 0. The Kier molecular flexibility index (Phi) is 8.99. The maximum atomic E-state index is 13.6. The third-order valence-corrected chi connectivity index (χ3v) is 8.63. The Hall–Kier alpha value is -3.24. The molecule has 3 amide bonds. The van der Waals surface area contributed by atoms with E-state index in [1.165, 1.54) is 0 Å². The number of aliphatic hydroxyl groups excluding tert-OH is 1. The van der Waals surface area contributed by atoms with Gasteiger partial charge in [0.05, 0.1) is 17.5 Å². The summed E-state index contributed by atoms with van der Waals surface area (Å²) in [7, 11) is 1.61. The zero-order chi connectivity index (χ0) is 29.2. The predicted molar refractivity (Wildman–Crippen MR) is 153 cm³/mol. The van der Waals surface area contributed by atoms with Crippen LogP contribution in [0.25, 0.3) is 5.69 Å². The second-order valence-corrected chi connectivity index (χ2v) is 11.5. The second kappa shape index (κ2) is 12.1. The molecule has 2 aromatic rings. The van der Waals surface area contributed by atoms with Gasteiger partial charge in [0, 0.05) is 50.0 Å². The number of hydrogen-bond donors (Lipinski definition) is 3. The van der Waals surface area contributed by atoms with Crippen molar-refractivity contribution in [3.63, 3.8) is 0 Å². The summed E-state index contributed by atoms with van der Waals surface area (Å²) in [4.78, 5) is 43.2. The second-order valence-electron chi connectivity index (χ2n) is 11.5. The van der Waals surface area contributed by atoms with Crippen LogP contribution in [0.5, 0.6) is 0 Å². The number of piperidine rings is 1. The Morgan fingerprint density at radius 1 is 1.18 bits per heavy atom. The molecule has 2 fully saturated rings. The first-order valence-corrected chi connectivity index (χ1v) is 14.4. The lowest BCUT2D eigenvalue weighted by Gasteiger charge is -2.52. The Balaban J connectivity index is 1.49. The van der Waals surface area contributed by atoms with E-state index in [2.05, 4.69) is 22.5 Å². The highest BCUT2D eigenvalue weighted by atomic mass is 16.3. The highest BCUT2D eigenvalue weighted by molar-refractivity contribution is 6.00. The van der Waals surface area contributed by atoms with Gasteiger partial charge in [-0.05, 0) is 63.3 Å². The third-order valence-electron chi connectivity index (χ3n) is 8.63. The van der Waals surface area contributed by atoms with Gasteiger partial charge < -0.3 is 20.6 Å². The average Bonchev–Trinajstić information content (AvgIpc) is 3.23. The minimum absolute atomic E-state index is 0.128. The fourth-order valence-corrected chi connectivity index (χ4v) is 5.95. The minimum atomic E-state index is -0.916. The number of aliphatic hydroxyl groups is 1. The van der Waals surface area contributed by atoms with Crippen LogP contribution in [0.15, 0.2) is 24.3 Å². The van der Waals surface area contributed by atoms with E-state index in [9.17, 15) is 19.5 Å². The molecule has 0 saturated carbocycles. The molecular weight excluding hydrogens is 508 g/mol. The van der Waals surface area contributed by atoms with Crippen LogP contribution in [0.1, 0.15) is 73.8 Å². The third kappa shape index (κ3) is 5.51. The number of piperazine rings is 1. The SMILES string of the molecule is CCCCN1C(=O)[C@@H]([C@H](O)C(C)C)NC(=O)C12CCN(Cc1c(C)nn(-c3ccc(C(=O)NC)cc3)c1C)CC2. The van der Waals surface area contributed by atoms with E-state index >= 15 is 0 Å². The lowest BCUT2D eigenvalue weighted by atomic mass is 9.80. The molecule has 2 aliphatic heterocycles. The smallest absolute Gasteiger partial charge is 0.251 e. The van der Waals surface area contributed by atoms with E-state index in [0.717, 1.165) is 35.5 Å². The van der Waals surface area contributed by atoms with Crippen molar-refractivity contribution in [2.75, 3.05) is 26.7 Å². The van der Waals surface area contributed by atoms with Crippen molar-refractivity contribution in [3.8, 4) is 5.69 Å². The highest BCUT2D eigenvalue weighted by Gasteiger charge is 2.54. The number of nitrogens with one attached hydrogen (secondary N) is 2. The molecule has 1 spiro atoms. The molecule has 40 heavy (non-hydrogen) atoms. The number of carbonyl (C=O) groups excluding carboxylic acids is 3.